The predicted molar refractivity (Wildman–Crippen MR) is 97.0 cm³/mol. The predicted octanol–water partition coefficient (Wildman–Crippen LogP) is 4.93. The number of ether oxygens (including phenoxy) is 2. The van der Waals surface area contributed by atoms with E-state index in [4.69, 9.17) is 21.1 Å². The molecule has 0 bridgehead atoms. The minimum absolute atomic E-state index is 0.0663. The SMILES string of the molecule is CCCCCOc1ccc(OCC(=O)Nc2cccc(Cl)c2)cc1. The minimum atomic E-state index is -0.239. The van der Waals surface area contributed by atoms with E-state index in [1.165, 1.54) is 12.8 Å². The van der Waals surface area contributed by atoms with E-state index in [1.807, 2.05) is 12.1 Å². The Morgan fingerprint density at radius 1 is 1.04 bits per heavy atom. The first-order valence-electron chi connectivity index (χ1n) is 8.08. The Morgan fingerprint density at radius 3 is 2.42 bits per heavy atom. The van der Waals surface area contributed by atoms with Crippen LogP contribution in [0.15, 0.2) is 48.5 Å². The van der Waals surface area contributed by atoms with Gasteiger partial charge in [-0.3, -0.25) is 4.79 Å². The van der Waals surface area contributed by atoms with Gasteiger partial charge in [0, 0.05) is 10.7 Å². The van der Waals surface area contributed by atoms with Crippen molar-refractivity contribution in [3.63, 3.8) is 0 Å². The number of nitrogens with one attached hydrogen (secondary N) is 1. The quantitative estimate of drug-likeness (QED) is 0.654. The lowest BCUT2D eigenvalue weighted by Gasteiger charge is -2.09. The number of carbonyl (C=O) groups is 1. The van der Waals surface area contributed by atoms with Gasteiger partial charge in [-0.05, 0) is 48.9 Å². The van der Waals surface area contributed by atoms with Gasteiger partial charge in [-0.15, -0.1) is 0 Å². The number of hydrogen-bond donors (Lipinski definition) is 1. The van der Waals surface area contributed by atoms with Crippen molar-refractivity contribution in [2.24, 2.45) is 0 Å². The van der Waals surface area contributed by atoms with Gasteiger partial charge in [0.1, 0.15) is 11.5 Å². The molecule has 0 aromatic heterocycles. The van der Waals surface area contributed by atoms with Gasteiger partial charge in [-0.1, -0.05) is 37.4 Å². The van der Waals surface area contributed by atoms with Crippen LogP contribution < -0.4 is 14.8 Å². The van der Waals surface area contributed by atoms with Gasteiger partial charge in [0.05, 0.1) is 6.61 Å². The number of halogens is 1. The summed E-state index contributed by atoms with van der Waals surface area (Å²) in [4.78, 5) is 11.9. The van der Waals surface area contributed by atoms with Gasteiger partial charge >= 0.3 is 0 Å². The molecule has 0 fully saturated rings. The summed E-state index contributed by atoms with van der Waals surface area (Å²) in [5.41, 5.74) is 0.645. The molecule has 4 nitrogen and oxygen atoms in total. The maximum atomic E-state index is 11.9. The zero-order valence-corrected chi connectivity index (χ0v) is 14.5. The van der Waals surface area contributed by atoms with Crippen LogP contribution >= 0.6 is 11.6 Å². The molecule has 0 atom stereocenters. The van der Waals surface area contributed by atoms with Gasteiger partial charge in [-0.25, -0.2) is 0 Å². The molecule has 2 rings (SSSR count). The zero-order valence-electron chi connectivity index (χ0n) is 13.8. The van der Waals surface area contributed by atoms with Crippen molar-refractivity contribution in [1.82, 2.24) is 0 Å². The van der Waals surface area contributed by atoms with Gasteiger partial charge in [0.2, 0.25) is 0 Å². The second-order valence-electron chi connectivity index (χ2n) is 5.37. The number of carbonyl (C=O) groups excluding carboxylic acids is 1. The molecule has 0 aliphatic carbocycles. The molecule has 0 spiro atoms. The fraction of sp³-hybridized carbons (Fsp3) is 0.316. The Balaban J connectivity index is 1.74. The average Bonchev–Trinajstić information content (AvgIpc) is 2.58. The Bertz CT molecular complexity index is 643. The first-order valence-corrected chi connectivity index (χ1v) is 8.46. The van der Waals surface area contributed by atoms with Crippen molar-refractivity contribution in [1.29, 1.82) is 0 Å². The monoisotopic (exact) mass is 347 g/mol. The number of unbranched alkanes of at least 4 members (excludes halogenated alkanes) is 2. The van der Waals surface area contributed by atoms with Crippen molar-refractivity contribution < 1.29 is 14.3 Å². The highest BCUT2D eigenvalue weighted by molar-refractivity contribution is 6.30. The fourth-order valence-corrected chi connectivity index (χ4v) is 2.28. The summed E-state index contributed by atoms with van der Waals surface area (Å²) in [5.74, 6) is 1.19. The van der Waals surface area contributed by atoms with Gasteiger partial charge in [0.25, 0.3) is 5.91 Å². The third-order valence-corrected chi connectivity index (χ3v) is 3.55. The van der Waals surface area contributed by atoms with Crippen LogP contribution in [-0.4, -0.2) is 19.1 Å². The summed E-state index contributed by atoms with van der Waals surface area (Å²) in [6, 6.07) is 14.3. The lowest BCUT2D eigenvalue weighted by atomic mass is 10.3. The summed E-state index contributed by atoms with van der Waals surface area (Å²) in [5, 5.41) is 3.30. The summed E-state index contributed by atoms with van der Waals surface area (Å²) >= 11 is 5.88. The van der Waals surface area contributed by atoms with Crippen LogP contribution in [-0.2, 0) is 4.79 Å². The number of hydrogen-bond acceptors (Lipinski definition) is 3. The van der Waals surface area contributed by atoms with Crippen LogP contribution in [0.1, 0.15) is 26.2 Å². The number of amides is 1. The molecule has 128 valence electrons. The highest BCUT2D eigenvalue weighted by Crippen LogP contribution is 2.18. The van der Waals surface area contributed by atoms with Crippen LogP contribution in [0.5, 0.6) is 11.5 Å². The van der Waals surface area contributed by atoms with Crippen molar-refractivity contribution >= 4 is 23.2 Å². The molecule has 1 N–H and O–H groups in total. The molecule has 0 saturated carbocycles. The molecule has 0 unspecified atom stereocenters. The van der Waals surface area contributed by atoms with Crippen LogP contribution in [0.3, 0.4) is 0 Å². The lowest BCUT2D eigenvalue weighted by molar-refractivity contribution is -0.118. The van der Waals surface area contributed by atoms with Gasteiger partial charge in [0.15, 0.2) is 6.61 Å². The standard InChI is InChI=1S/C19H22ClNO3/c1-2-3-4-12-23-17-8-10-18(11-9-17)24-14-19(22)21-16-7-5-6-15(20)13-16/h5-11,13H,2-4,12,14H2,1H3,(H,21,22). The molecule has 2 aromatic carbocycles. The first-order chi connectivity index (χ1) is 11.7. The molecular weight excluding hydrogens is 326 g/mol. The van der Waals surface area contributed by atoms with Gasteiger partial charge in [-0.2, -0.15) is 0 Å². The smallest absolute Gasteiger partial charge is 0.262 e. The van der Waals surface area contributed by atoms with E-state index in [9.17, 15) is 4.79 Å². The highest BCUT2D eigenvalue weighted by atomic mass is 35.5. The van der Waals surface area contributed by atoms with E-state index in [0.29, 0.717) is 16.5 Å². The molecule has 0 aliphatic heterocycles. The van der Waals surface area contributed by atoms with Crippen LogP contribution in [0.25, 0.3) is 0 Å². The van der Waals surface area contributed by atoms with Crippen molar-refractivity contribution in [3.05, 3.63) is 53.6 Å². The van der Waals surface area contributed by atoms with Crippen molar-refractivity contribution in [2.75, 3.05) is 18.5 Å². The van der Waals surface area contributed by atoms with Crippen molar-refractivity contribution in [2.45, 2.75) is 26.2 Å². The van der Waals surface area contributed by atoms with Gasteiger partial charge < -0.3 is 14.8 Å². The zero-order chi connectivity index (χ0) is 17.2. The van der Waals surface area contributed by atoms with E-state index < -0.39 is 0 Å². The summed E-state index contributed by atoms with van der Waals surface area (Å²) in [6.07, 6.45) is 3.40. The summed E-state index contributed by atoms with van der Waals surface area (Å²) < 4.78 is 11.1. The molecule has 0 aliphatic rings. The normalized spacial score (nSPS) is 10.2. The third-order valence-electron chi connectivity index (χ3n) is 3.32. The molecule has 5 heteroatoms. The maximum absolute atomic E-state index is 11.9. The number of rotatable bonds is 9. The lowest BCUT2D eigenvalue weighted by Crippen LogP contribution is -2.20. The van der Waals surface area contributed by atoms with Crippen molar-refractivity contribution in [3.8, 4) is 11.5 Å². The fourth-order valence-electron chi connectivity index (χ4n) is 2.09. The second kappa shape index (κ2) is 9.83. The van der Waals surface area contributed by atoms with E-state index in [2.05, 4.69) is 12.2 Å². The Kier molecular flexibility index (Phi) is 7.43. The third kappa shape index (κ3) is 6.50. The second-order valence-corrected chi connectivity index (χ2v) is 5.81. The Hall–Kier alpha value is -2.20. The molecule has 0 radical (unpaired) electrons. The highest BCUT2D eigenvalue weighted by Gasteiger charge is 2.04. The number of anilines is 1. The Labute approximate surface area is 147 Å². The summed E-state index contributed by atoms with van der Waals surface area (Å²) in [7, 11) is 0. The molecular formula is C19H22ClNO3. The maximum Gasteiger partial charge on any atom is 0.262 e. The van der Waals surface area contributed by atoms with Crippen LogP contribution in [0.2, 0.25) is 5.02 Å². The Morgan fingerprint density at radius 2 is 1.75 bits per heavy atom. The molecule has 24 heavy (non-hydrogen) atoms. The first kappa shape index (κ1) is 18.1. The average molecular weight is 348 g/mol. The topological polar surface area (TPSA) is 47.6 Å². The molecule has 2 aromatic rings. The van der Waals surface area contributed by atoms with Crippen LogP contribution in [0, 0.1) is 0 Å². The molecule has 1 amide bonds. The largest absolute Gasteiger partial charge is 0.494 e. The minimum Gasteiger partial charge on any atom is -0.494 e. The van der Waals surface area contributed by atoms with E-state index >= 15 is 0 Å². The molecule has 0 saturated heterocycles. The van der Waals surface area contributed by atoms with E-state index in [0.717, 1.165) is 18.8 Å². The van der Waals surface area contributed by atoms with E-state index in [1.54, 1.807) is 36.4 Å². The van der Waals surface area contributed by atoms with E-state index in [-0.39, 0.29) is 12.5 Å². The molecule has 0 heterocycles. The van der Waals surface area contributed by atoms with Crippen LogP contribution in [0.4, 0.5) is 5.69 Å². The number of benzene rings is 2. The summed E-state index contributed by atoms with van der Waals surface area (Å²) in [6.45, 7) is 2.81.